The largest absolute Gasteiger partial charge is 0.376 e. The highest BCUT2D eigenvalue weighted by molar-refractivity contribution is 9.10. The first-order valence-corrected chi connectivity index (χ1v) is 11.6. The van der Waals surface area contributed by atoms with E-state index in [2.05, 4.69) is 65.8 Å². The van der Waals surface area contributed by atoms with Crippen LogP contribution in [0.1, 0.15) is 44.9 Å². The first-order valence-electron chi connectivity index (χ1n) is 10.8. The first-order chi connectivity index (χ1) is 15.6. The Hall–Kier alpha value is -3.14. The van der Waals surface area contributed by atoms with Crippen molar-refractivity contribution in [1.82, 2.24) is 9.97 Å². The molecule has 5 nitrogen and oxygen atoms in total. The molecule has 4 aromatic rings. The number of pyridine rings is 2. The number of hydrogen-bond acceptors (Lipinski definition) is 4. The molecule has 2 aromatic heterocycles. The average Bonchev–Trinajstić information content (AvgIpc) is 2.78. The van der Waals surface area contributed by atoms with Crippen molar-refractivity contribution >= 4 is 43.4 Å². The number of aliphatic hydroxyl groups excluding tert-OH is 1. The van der Waals surface area contributed by atoms with E-state index >= 15 is 0 Å². The normalized spacial score (nSPS) is 13.4. The lowest BCUT2D eigenvalue weighted by Crippen LogP contribution is -2.31. The molecule has 33 heavy (non-hydrogen) atoms. The third-order valence-corrected chi connectivity index (χ3v) is 6.40. The second kappa shape index (κ2) is 9.01. The fraction of sp³-hybridized carbons (Fsp3) is 0.259. The molecule has 0 spiro atoms. The molecule has 2 aromatic carbocycles. The van der Waals surface area contributed by atoms with Gasteiger partial charge in [0.25, 0.3) is 5.56 Å². The number of aliphatic hydroxyl groups is 1. The lowest BCUT2D eigenvalue weighted by Gasteiger charge is -2.29. The number of benzene rings is 2. The van der Waals surface area contributed by atoms with Crippen molar-refractivity contribution in [3.63, 3.8) is 0 Å². The Bertz CT molecular complexity index is 1440. The number of aromatic amines is 1. The summed E-state index contributed by atoms with van der Waals surface area (Å²) in [4.78, 5) is 20.5. The van der Waals surface area contributed by atoms with Gasteiger partial charge in [-0.25, -0.2) is 4.98 Å². The van der Waals surface area contributed by atoms with E-state index < -0.39 is 6.10 Å². The van der Waals surface area contributed by atoms with Crippen LogP contribution in [0.3, 0.4) is 0 Å². The highest BCUT2D eigenvalue weighted by Crippen LogP contribution is 2.33. The van der Waals surface area contributed by atoms with E-state index in [-0.39, 0.29) is 17.0 Å². The summed E-state index contributed by atoms with van der Waals surface area (Å²) >= 11 is 3.53. The zero-order chi connectivity index (χ0) is 23.8. The quantitative estimate of drug-likeness (QED) is 0.245. The molecule has 6 heteroatoms. The fourth-order valence-electron chi connectivity index (χ4n) is 3.48. The van der Waals surface area contributed by atoms with Crippen molar-refractivity contribution in [3.8, 4) is 11.8 Å². The molecule has 0 aliphatic rings. The second-order valence-electron chi connectivity index (χ2n) is 9.22. The SMILES string of the molecule is CC(Nc1nc2c(C#C[C@@H](O)c3ccccc3)c[nH]c(=O)c2c2cc(Br)ccc12)C(C)(C)C. The molecule has 0 radical (unpaired) electrons. The van der Waals surface area contributed by atoms with Gasteiger partial charge in [-0.15, -0.1) is 0 Å². The molecule has 0 fully saturated rings. The summed E-state index contributed by atoms with van der Waals surface area (Å²) in [6.07, 6.45) is 0.615. The maximum absolute atomic E-state index is 12.9. The summed E-state index contributed by atoms with van der Waals surface area (Å²) in [5.41, 5.74) is 1.54. The van der Waals surface area contributed by atoms with Gasteiger partial charge in [0.05, 0.1) is 16.5 Å². The van der Waals surface area contributed by atoms with E-state index in [4.69, 9.17) is 4.98 Å². The highest BCUT2D eigenvalue weighted by atomic mass is 79.9. The summed E-state index contributed by atoms with van der Waals surface area (Å²) < 4.78 is 0.868. The Labute approximate surface area is 201 Å². The zero-order valence-electron chi connectivity index (χ0n) is 19.0. The molecule has 0 saturated carbocycles. The molecule has 2 atom stereocenters. The number of rotatable bonds is 3. The number of anilines is 1. The smallest absolute Gasteiger partial charge is 0.258 e. The predicted molar refractivity (Wildman–Crippen MR) is 138 cm³/mol. The molecule has 2 heterocycles. The summed E-state index contributed by atoms with van der Waals surface area (Å²) in [6, 6.07) is 15.2. The third-order valence-electron chi connectivity index (χ3n) is 5.91. The standard InChI is InChI=1S/C27H26BrN3O2/c1-16(27(2,3)4)30-25-20-12-11-19(28)14-21(20)23-24(31-25)18(15-29-26(23)33)10-13-22(32)17-8-6-5-7-9-17/h5-9,11-12,14-16,22,32H,1-4H3,(H,29,33)(H,30,31)/t16?,22-/m1/s1. The summed E-state index contributed by atoms with van der Waals surface area (Å²) in [6.45, 7) is 8.61. The van der Waals surface area contributed by atoms with Gasteiger partial charge in [-0.05, 0) is 36.1 Å². The number of aromatic nitrogens is 2. The van der Waals surface area contributed by atoms with Crippen LogP contribution in [0.25, 0.3) is 21.7 Å². The van der Waals surface area contributed by atoms with Gasteiger partial charge in [-0.2, -0.15) is 0 Å². The molecule has 0 amide bonds. The van der Waals surface area contributed by atoms with Gasteiger partial charge >= 0.3 is 0 Å². The maximum atomic E-state index is 12.9. The predicted octanol–water partition coefficient (Wildman–Crippen LogP) is 5.77. The van der Waals surface area contributed by atoms with Crippen molar-refractivity contribution in [1.29, 1.82) is 0 Å². The Balaban J connectivity index is 1.93. The van der Waals surface area contributed by atoms with Gasteiger partial charge in [-0.1, -0.05) is 78.9 Å². The van der Waals surface area contributed by atoms with Crippen LogP contribution in [-0.2, 0) is 0 Å². The molecule has 0 saturated heterocycles. The molecule has 0 bridgehead atoms. The minimum Gasteiger partial charge on any atom is -0.376 e. The molecule has 0 aliphatic heterocycles. The average molecular weight is 504 g/mol. The minimum atomic E-state index is -0.943. The summed E-state index contributed by atoms with van der Waals surface area (Å²) in [7, 11) is 0. The van der Waals surface area contributed by atoms with Crippen molar-refractivity contribution in [3.05, 3.63) is 80.7 Å². The van der Waals surface area contributed by atoms with Crippen molar-refractivity contribution in [2.45, 2.75) is 39.8 Å². The monoisotopic (exact) mass is 503 g/mol. The lowest BCUT2D eigenvalue weighted by molar-refractivity contribution is 0.238. The number of fused-ring (bicyclic) bond motifs is 3. The second-order valence-corrected chi connectivity index (χ2v) is 10.1. The number of hydrogen-bond donors (Lipinski definition) is 3. The van der Waals surface area contributed by atoms with E-state index in [9.17, 15) is 9.90 Å². The van der Waals surface area contributed by atoms with E-state index in [1.165, 1.54) is 0 Å². The maximum Gasteiger partial charge on any atom is 0.258 e. The van der Waals surface area contributed by atoms with E-state index in [0.717, 1.165) is 15.2 Å². The van der Waals surface area contributed by atoms with Crippen LogP contribution in [0.2, 0.25) is 0 Å². The van der Waals surface area contributed by atoms with Crippen LogP contribution in [-0.4, -0.2) is 21.1 Å². The van der Waals surface area contributed by atoms with E-state index in [1.807, 2.05) is 48.5 Å². The van der Waals surface area contributed by atoms with Crippen LogP contribution in [0, 0.1) is 17.3 Å². The number of halogens is 1. The molecule has 168 valence electrons. The molecule has 4 rings (SSSR count). The van der Waals surface area contributed by atoms with Crippen LogP contribution < -0.4 is 10.9 Å². The number of nitrogens with one attached hydrogen (secondary N) is 2. The summed E-state index contributed by atoms with van der Waals surface area (Å²) in [5.74, 6) is 6.61. The topological polar surface area (TPSA) is 78.0 Å². The fourth-order valence-corrected chi connectivity index (χ4v) is 3.84. The Morgan fingerprint density at radius 3 is 2.55 bits per heavy atom. The molecular formula is C27H26BrN3O2. The minimum absolute atomic E-state index is 0.00884. The van der Waals surface area contributed by atoms with Crippen LogP contribution >= 0.6 is 15.9 Å². The van der Waals surface area contributed by atoms with Gasteiger partial charge in [0.1, 0.15) is 11.9 Å². The van der Waals surface area contributed by atoms with Gasteiger partial charge in [0.2, 0.25) is 0 Å². The summed E-state index contributed by atoms with van der Waals surface area (Å²) in [5, 5.41) is 16.2. The first kappa shape index (κ1) is 23.0. The van der Waals surface area contributed by atoms with Gasteiger partial charge in [-0.3, -0.25) is 4.79 Å². The Morgan fingerprint density at radius 1 is 1.12 bits per heavy atom. The van der Waals surface area contributed by atoms with Gasteiger partial charge < -0.3 is 15.4 Å². The number of nitrogens with zero attached hydrogens (tertiary/aromatic N) is 1. The molecular weight excluding hydrogens is 478 g/mol. The Kier molecular flexibility index (Phi) is 6.29. The number of H-pyrrole nitrogens is 1. The van der Waals surface area contributed by atoms with Crippen molar-refractivity contribution in [2.24, 2.45) is 5.41 Å². The highest BCUT2D eigenvalue weighted by Gasteiger charge is 2.22. The van der Waals surface area contributed by atoms with Crippen LogP contribution in [0.4, 0.5) is 5.82 Å². The van der Waals surface area contributed by atoms with Crippen molar-refractivity contribution < 1.29 is 5.11 Å². The van der Waals surface area contributed by atoms with E-state index in [0.29, 0.717) is 27.8 Å². The third kappa shape index (κ3) is 4.80. The molecule has 0 aliphatic carbocycles. The van der Waals surface area contributed by atoms with E-state index in [1.54, 1.807) is 6.20 Å². The van der Waals surface area contributed by atoms with Gasteiger partial charge in [0.15, 0.2) is 0 Å². The lowest BCUT2D eigenvalue weighted by atomic mass is 9.88. The van der Waals surface area contributed by atoms with Crippen LogP contribution in [0.15, 0.2) is 64.0 Å². The molecule has 3 N–H and O–H groups in total. The van der Waals surface area contributed by atoms with Crippen LogP contribution in [0.5, 0.6) is 0 Å². The Morgan fingerprint density at radius 2 is 1.85 bits per heavy atom. The van der Waals surface area contributed by atoms with Crippen molar-refractivity contribution in [2.75, 3.05) is 5.32 Å². The molecule has 1 unspecified atom stereocenters. The van der Waals surface area contributed by atoms with Gasteiger partial charge in [0, 0.05) is 27.5 Å². The zero-order valence-corrected chi connectivity index (χ0v) is 20.6.